The van der Waals surface area contributed by atoms with Crippen molar-refractivity contribution in [3.8, 4) is 5.75 Å². The van der Waals surface area contributed by atoms with Gasteiger partial charge in [0.05, 0.1) is 12.6 Å². The summed E-state index contributed by atoms with van der Waals surface area (Å²) in [7, 11) is 0. The number of aliphatic hydroxyl groups is 3. The Hall–Kier alpha value is -1.04. The quantitative estimate of drug-likeness (QED) is 0.151. The van der Waals surface area contributed by atoms with Crippen LogP contribution in [0.5, 0.6) is 5.75 Å². The van der Waals surface area contributed by atoms with Gasteiger partial charge in [-0.25, -0.2) is 0 Å². The Morgan fingerprint density at radius 3 is 2.12 bits per heavy atom. The Morgan fingerprint density at radius 2 is 1.56 bits per heavy atom. The third kappa shape index (κ3) is 9.07. The number of carbonyl (C=O) groups is 2. The van der Waals surface area contributed by atoms with E-state index in [9.17, 15) is 30.0 Å². The summed E-state index contributed by atoms with van der Waals surface area (Å²) in [6.07, 6.45) is -2.10. The molecule has 3 N–H and O–H groups in total. The molecule has 0 radical (unpaired) electrons. The first kappa shape index (κ1) is 29.0. The van der Waals surface area contributed by atoms with E-state index in [1.165, 1.54) is 6.92 Å². The van der Waals surface area contributed by atoms with Gasteiger partial charge in [0.15, 0.2) is 12.1 Å². The van der Waals surface area contributed by atoms with Gasteiger partial charge in [0, 0.05) is 12.2 Å². The number of Topliss-reactive ketones (excluding diaryl/α,β-unsaturated/α-hetero) is 1. The van der Waals surface area contributed by atoms with E-state index in [0.717, 1.165) is 44.3 Å². The number of ketones is 1. The molecule has 0 spiro atoms. The molecule has 1 aliphatic heterocycles. The molecule has 1 aromatic rings. The first-order valence-electron chi connectivity index (χ1n) is 10.6. The van der Waals surface area contributed by atoms with Crippen molar-refractivity contribution in [1.29, 1.82) is 0 Å². The summed E-state index contributed by atoms with van der Waals surface area (Å²) in [4.78, 5) is 21.9. The van der Waals surface area contributed by atoms with E-state index in [-0.39, 0.29) is 41.9 Å². The summed E-state index contributed by atoms with van der Waals surface area (Å²) >= 11 is 0. The molecule has 0 aromatic heterocycles. The van der Waals surface area contributed by atoms with Gasteiger partial charge in [-0.3, -0.25) is 4.79 Å². The number of unbranched alkanes of at least 4 members (excludes halogenated alkanes) is 5. The van der Waals surface area contributed by atoms with Crippen molar-refractivity contribution >= 4 is 11.8 Å². The van der Waals surface area contributed by atoms with Crippen molar-refractivity contribution < 1.29 is 73.8 Å². The fourth-order valence-electron chi connectivity index (χ4n) is 3.29. The zero-order chi connectivity index (χ0) is 22.8. The molecule has 10 heteroatoms. The maximum atomic E-state index is 11.2. The van der Waals surface area contributed by atoms with Crippen LogP contribution in [-0.2, 0) is 14.3 Å². The number of ether oxygens (including phenoxy) is 3. The van der Waals surface area contributed by atoms with Crippen LogP contribution < -0.4 is 39.4 Å². The van der Waals surface area contributed by atoms with Crippen molar-refractivity contribution in [3.63, 3.8) is 0 Å². The van der Waals surface area contributed by atoms with E-state index in [2.05, 4.69) is 0 Å². The van der Waals surface area contributed by atoms with E-state index in [0.29, 0.717) is 12.2 Å². The number of aliphatic hydroxyl groups excluding tert-OH is 3. The minimum Gasteiger partial charge on any atom is -0.547 e. The Kier molecular flexibility index (Phi) is 13.6. The standard InChI is InChI=1S/C22H32O9.Na/c1-14(23)15-8-10-16(11-9-15)29-12-6-4-2-3-5-7-13-30-22-18(25)17(24)20(31-22)19(26)21(27)28;/h8-11,17-20,22,24-26H,2-7,12-13H2,1H3,(H,27,28);/q;+1/p-1/t17-,18-,19+,20+,22-;/m1./s1. The smallest absolute Gasteiger partial charge is 0.547 e. The van der Waals surface area contributed by atoms with Gasteiger partial charge in [0.1, 0.15) is 30.2 Å². The van der Waals surface area contributed by atoms with Crippen LogP contribution >= 0.6 is 0 Å². The van der Waals surface area contributed by atoms with Crippen LogP contribution in [0.3, 0.4) is 0 Å². The molecule has 0 amide bonds. The first-order valence-corrected chi connectivity index (χ1v) is 10.6. The first-order chi connectivity index (χ1) is 14.8. The molecule has 0 bridgehead atoms. The molecule has 2 rings (SSSR count). The molecule has 1 heterocycles. The van der Waals surface area contributed by atoms with Gasteiger partial charge >= 0.3 is 29.6 Å². The largest absolute Gasteiger partial charge is 1.00 e. The molecule has 1 aromatic carbocycles. The van der Waals surface area contributed by atoms with E-state index in [4.69, 9.17) is 14.2 Å². The van der Waals surface area contributed by atoms with Gasteiger partial charge in [0.2, 0.25) is 0 Å². The molecule has 174 valence electrons. The number of benzene rings is 1. The second kappa shape index (κ2) is 15.0. The van der Waals surface area contributed by atoms with Crippen molar-refractivity contribution in [3.05, 3.63) is 29.8 Å². The van der Waals surface area contributed by atoms with Crippen molar-refractivity contribution in [2.45, 2.75) is 76.2 Å². The molecule has 0 saturated carbocycles. The number of aliphatic carboxylic acids is 1. The third-order valence-electron chi connectivity index (χ3n) is 5.16. The van der Waals surface area contributed by atoms with Crippen LogP contribution in [0.25, 0.3) is 0 Å². The SMILES string of the molecule is CC(=O)c1ccc(OCCCCCCCCO[C@@H]2O[C@H]([C@H](O)C(=O)[O-])[C@H](O)[C@H]2O)cc1.[Na+]. The van der Waals surface area contributed by atoms with E-state index < -0.39 is 36.7 Å². The summed E-state index contributed by atoms with van der Waals surface area (Å²) in [6, 6.07) is 7.09. The van der Waals surface area contributed by atoms with Crippen LogP contribution in [0, 0.1) is 0 Å². The maximum Gasteiger partial charge on any atom is 1.00 e. The molecule has 1 fully saturated rings. The summed E-state index contributed by atoms with van der Waals surface area (Å²) < 4.78 is 16.1. The van der Waals surface area contributed by atoms with Crippen LogP contribution in [0.2, 0.25) is 0 Å². The molecular formula is C22H31NaO9. The molecule has 1 aliphatic rings. The average Bonchev–Trinajstić information content (AvgIpc) is 3.03. The fraction of sp³-hybridized carbons (Fsp3) is 0.636. The summed E-state index contributed by atoms with van der Waals surface area (Å²) in [5.74, 6) is -1.01. The number of hydrogen-bond acceptors (Lipinski definition) is 9. The van der Waals surface area contributed by atoms with Gasteiger partial charge in [-0.05, 0) is 44.0 Å². The molecule has 0 aliphatic carbocycles. The third-order valence-corrected chi connectivity index (χ3v) is 5.16. The molecular weight excluding hydrogens is 431 g/mol. The minimum atomic E-state index is -2.04. The Bertz CT molecular complexity index is 697. The van der Waals surface area contributed by atoms with Gasteiger partial charge in [-0.15, -0.1) is 0 Å². The Balaban J connectivity index is 0.00000512. The van der Waals surface area contributed by atoms with Crippen LogP contribution in [-0.4, -0.2) is 71.0 Å². The van der Waals surface area contributed by atoms with E-state index >= 15 is 0 Å². The second-order valence-electron chi connectivity index (χ2n) is 7.64. The summed E-state index contributed by atoms with van der Waals surface area (Å²) in [6.45, 7) is 2.42. The number of carbonyl (C=O) groups excluding carboxylic acids is 2. The van der Waals surface area contributed by atoms with Crippen molar-refractivity contribution in [2.24, 2.45) is 0 Å². The summed E-state index contributed by atoms with van der Waals surface area (Å²) in [5, 5.41) is 39.7. The zero-order valence-electron chi connectivity index (χ0n) is 18.6. The number of hydrogen-bond donors (Lipinski definition) is 3. The number of rotatable bonds is 14. The molecule has 0 unspecified atom stereocenters. The maximum absolute atomic E-state index is 11.2. The van der Waals surface area contributed by atoms with Gasteiger partial charge in [0.25, 0.3) is 0 Å². The van der Waals surface area contributed by atoms with Gasteiger partial charge < -0.3 is 39.4 Å². The normalized spacial score (nSPS) is 23.4. The van der Waals surface area contributed by atoms with E-state index in [1.54, 1.807) is 24.3 Å². The Morgan fingerprint density at radius 1 is 1.00 bits per heavy atom. The number of carboxylic acids is 1. The van der Waals surface area contributed by atoms with Crippen LogP contribution in [0.1, 0.15) is 55.8 Å². The van der Waals surface area contributed by atoms with Crippen molar-refractivity contribution in [2.75, 3.05) is 13.2 Å². The topological polar surface area (TPSA) is 146 Å². The predicted molar refractivity (Wildman–Crippen MR) is 107 cm³/mol. The monoisotopic (exact) mass is 462 g/mol. The van der Waals surface area contributed by atoms with Gasteiger partial charge in [-0.1, -0.05) is 25.7 Å². The predicted octanol–water partition coefficient (Wildman–Crippen LogP) is -2.81. The van der Waals surface area contributed by atoms with Crippen LogP contribution in [0.15, 0.2) is 24.3 Å². The molecule has 9 nitrogen and oxygen atoms in total. The summed E-state index contributed by atoms with van der Waals surface area (Å²) in [5.41, 5.74) is 0.663. The van der Waals surface area contributed by atoms with Crippen LogP contribution in [0.4, 0.5) is 0 Å². The molecule has 1 saturated heterocycles. The second-order valence-corrected chi connectivity index (χ2v) is 7.64. The minimum absolute atomic E-state index is 0. The van der Waals surface area contributed by atoms with Gasteiger partial charge in [-0.2, -0.15) is 0 Å². The zero-order valence-corrected chi connectivity index (χ0v) is 20.6. The fourth-order valence-corrected chi connectivity index (χ4v) is 3.29. The van der Waals surface area contributed by atoms with Crippen molar-refractivity contribution in [1.82, 2.24) is 0 Å². The average molecular weight is 462 g/mol. The molecule has 32 heavy (non-hydrogen) atoms. The molecule has 5 atom stereocenters. The van der Waals surface area contributed by atoms with E-state index in [1.807, 2.05) is 0 Å². The Labute approximate surface area is 210 Å². The number of carboxylic acid groups (broad SMARTS) is 1.